The van der Waals surface area contributed by atoms with Crippen molar-refractivity contribution < 1.29 is 4.79 Å². The minimum atomic E-state index is -0.167. The van der Waals surface area contributed by atoms with Gasteiger partial charge in [0, 0.05) is 12.6 Å². The highest BCUT2D eigenvalue weighted by molar-refractivity contribution is 9.11. The van der Waals surface area contributed by atoms with Crippen LogP contribution in [0.4, 0.5) is 9.93 Å². The Kier molecular flexibility index (Phi) is 8.09. The van der Waals surface area contributed by atoms with Gasteiger partial charge in [-0.2, -0.15) is 0 Å². The van der Waals surface area contributed by atoms with Crippen molar-refractivity contribution >= 4 is 38.4 Å². The van der Waals surface area contributed by atoms with Gasteiger partial charge in [0.25, 0.3) is 0 Å². The van der Waals surface area contributed by atoms with Crippen LogP contribution < -0.4 is 10.6 Å². The molecule has 2 rings (SSSR count). The normalized spacial score (nSPS) is 18.9. The largest absolute Gasteiger partial charge is 0.334 e. The second-order valence-electron chi connectivity index (χ2n) is 4.30. The summed E-state index contributed by atoms with van der Waals surface area (Å²) in [5.74, 6) is 0. The number of nitrogens with zero attached hydrogens (tertiary/aromatic N) is 2. The van der Waals surface area contributed by atoms with E-state index in [0.29, 0.717) is 5.13 Å². The van der Waals surface area contributed by atoms with Crippen LogP contribution in [0.3, 0.4) is 0 Å². The van der Waals surface area contributed by atoms with Gasteiger partial charge in [-0.3, -0.25) is 5.32 Å². The molecule has 0 aliphatic carbocycles. The molecule has 1 saturated heterocycles. The van der Waals surface area contributed by atoms with Crippen LogP contribution >= 0.6 is 27.3 Å². The molecule has 20 heavy (non-hydrogen) atoms. The van der Waals surface area contributed by atoms with Crippen LogP contribution in [0, 0.1) is 0 Å². The summed E-state index contributed by atoms with van der Waals surface area (Å²) < 4.78 is 0.910. The number of piperidine rings is 1. The van der Waals surface area contributed by atoms with E-state index in [4.69, 9.17) is 0 Å². The summed E-state index contributed by atoms with van der Waals surface area (Å²) in [6, 6.07) is 0.0712. The number of likely N-dealkylation sites (N-methyl/N-ethyl adjacent to an activating group) is 1. The smallest absolute Gasteiger partial charge is 0.321 e. The van der Waals surface area contributed by atoms with Gasteiger partial charge in [0.1, 0.15) is 0 Å². The predicted molar refractivity (Wildman–Crippen MR) is 88.5 cm³/mol. The minimum Gasteiger partial charge on any atom is -0.334 e. The summed E-state index contributed by atoms with van der Waals surface area (Å²) in [4.78, 5) is 18.2. The Bertz CT molecular complexity index is 413. The fourth-order valence-electron chi connectivity index (χ4n) is 2.09. The van der Waals surface area contributed by atoms with Gasteiger partial charge in [-0.25, -0.2) is 9.78 Å². The number of likely N-dealkylation sites (tertiary alicyclic amines) is 1. The summed E-state index contributed by atoms with van der Waals surface area (Å²) in [5.41, 5.74) is 0. The molecular formula is C13H23BrN4OS. The highest BCUT2D eigenvalue weighted by atomic mass is 79.9. The fraction of sp³-hybridized carbons (Fsp3) is 0.692. The van der Waals surface area contributed by atoms with E-state index < -0.39 is 0 Å². The van der Waals surface area contributed by atoms with Crippen molar-refractivity contribution in [1.29, 1.82) is 0 Å². The number of urea groups is 1. The topological polar surface area (TPSA) is 57.3 Å². The van der Waals surface area contributed by atoms with Crippen molar-refractivity contribution in [2.75, 3.05) is 25.0 Å². The van der Waals surface area contributed by atoms with Gasteiger partial charge in [-0.15, -0.1) is 0 Å². The maximum Gasteiger partial charge on any atom is 0.321 e. The van der Waals surface area contributed by atoms with Gasteiger partial charge in [0.2, 0.25) is 0 Å². The molecule has 1 aromatic heterocycles. The van der Waals surface area contributed by atoms with Crippen molar-refractivity contribution in [1.82, 2.24) is 15.2 Å². The van der Waals surface area contributed by atoms with E-state index in [1.165, 1.54) is 11.3 Å². The SMILES string of the molecule is CC.CCN1CCC[C@@H](NC(=O)Nc2ncc(Br)s2)C1. The molecule has 0 radical (unpaired) electrons. The third-order valence-corrected chi connectivity index (χ3v) is 4.38. The van der Waals surface area contributed by atoms with Crippen molar-refractivity contribution in [3.63, 3.8) is 0 Å². The van der Waals surface area contributed by atoms with E-state index in [1.54, 1.807) is 6.20 Å². The molecule has 0 bridgehead atoms. The Balaban J connectivity index is 0.000000956. The standard InChI is InChI=1S/C11H17BrN4OS.C2H6/c1-2-16-5-3-4-8(7-16)14-10(17)15-11-13-6-9(12)18-11;1-2/h6,8H,2-5,7H2,1H3,(H2,13,14,15,17);1-2H3/t8-;/m1./s1. The maximum absolute atomic E-state index is 11.8. The molecule has 2 N–H and O–H groups in total. The maximum atomic E-state index is 11.8. The number of aromatic nitrogens is 1. The molecule has 7 heteroatoms. The number of amides is 2. The molecule has 2 heterocycles. The van der Waals surface area contributed by atoms with E-state index in [0.717, 1.165) is 36.3 Å². The zero-order valence-corrected chi connectivity index (χ0v) is 14.7. The highest BCUT2D eigenvalue weighted by Gasteiger charge is 2.20. The quantitative estimate of drug-likeness (QED) is 0.864. The van der Waals surface area contributed by atoms with Crippen LogP contribution in [0.5, 0.6) is 0 Å². The van der Waals surface area contributed by atoms with E-state index in [-0.39, 0.29) is 12.1 Å². The second kappa shape index (κ2) is 9.31. The van der Waals surface area contributed by atoms with Crippen molar-refractivity contribution in [3.05, 3.63) is 9.98 Å². The number of rotatable bonds is 3. The molecular weight excluding hydrogens is 340 g/mol. The molecule has 114 valence electrons. The number of carbonyl (C=O) groups is 1. The number of nitrogens with one attached hydrogen (secondary N) is 2. The first kappa shape index (κ1) is 17.4. The zero-order valence-electron chi connectivity index (χ0n) is 12.3. The number of hydrogen-bond donors (Lipinski definition) is 2. The number of hydrogen-bond acceptors (Lipinski definition) is 4. The van der Waals surface area contributed by atoms with E-state index >= 15 is 0 Å². The van der Waals surface area contributed by atoms with Crippen LogP contribution in [0.1, 0.15) is 33.6 Å². The third kappa shape index (κ3) is 5.76. The molecule has 0 spiro atoms. The molecule has 1 aromatic rings. The van der Waals surface area contributed by atoms with Gasteiger partial charge in [0.05, 0.1) is 9.98 Å². The Morgan fingerprint density at radius 2 is 2.35 bits per heavy atom. The van der Waals surface area contributed by atoms with Crippen LogP contribution in [0.15, 0.2) is 9.98 Å². The lowest BCUT2D eigenvalue weighted by atomic mass is 10.1. The lowest BCUT2D eigenvalue weighted by molar-refractivity contribution is 0.196. The van der Waals surface area contributed by atoms with Crippen LogP contribution in [0.25, 0.3) is 0 Å². The second-order valence-corrected chi connectivity index (χ2v) is 6.71. The predicted octanol–water partition coefficient (Wildman–Crippen LogP) is 3.54. The van der Waals surface area contributed by atoms with Crippen molar-refractivity contribution in [2.24, 2.45) is 0 Å². The van der Waals surface area contributed by atoms with Gasteiger partial charge in [0.15, 0.2) is 5.13 Å². The molecule has 1 aliphatic heterocycles. The third-order valence-electron chi connectivity index (χ3n) is 2.99. The van der Waals surface area contributed by atoms with Gasteiger partial charge < -0.3 is 10.2 Å². The Hall–Kier alpha value is -0.660. The van der Waals surface area contributed by atoms with Crippen LogP contribution in [0.2, 0.25) is 0 Å². The summed E-state index contributed by atoms with van der Waals surface area (Å²) in [6.45, 7) is 9.26. The highest BCUT2D eigenvalue weighted by Crippen LogP contribution is 2.23. The number of thiazole rings is 1. The Morgan fingerprint density at radius 3 is 2.95 bits per heavy atom. The summed E-state index contributed by atoms with van der Waals surface area (Å²) in [5, 5.41) is 6.37. The molecule has 1 aliphatic rings. The van der Waals surface area contributed by atoms with Gasteiger partial charge in [-0.05, 0) is 41.9 Å². The number of halogens is 1. The van der Waals surface area contributed by atoms with Crippen molar-refractivity contribution in [3.8, 4) is 0 Å². The van der Waals surface area contributed by atoms with Gasteiger partial charge >= 0.3 is 6.03 Å². The van der Waals surface area contributed by atoms with Gasteiger partial charge in [-0.1, -0.05) is 32.1 Å². The minimum absolute atomic E-state index is 0.167. The lowest BCUT2D eigenvalue weighted by Gasteiger charge is -2.32. The average molecular weight is 363 g/mol. The molecule has 0 saturated carbocycles. The Labute approximate surface area is 133 Å². The van der Waals surface area contributed by atoms with Crippen LogP contribution in [-0.2, 0) is 0 Å². The molecule has 0 aromatic carbocycles. The molecule has 5 nitrogen and oxygen atoms in total. The summed E-state index contributed by atoms with van der Waals surface area (Å²) in [6.07, 6.45) is 3.87. The molecule has 1 atom stereocenters. The lowest BCUT2D eigenvalue weighted by Crippen LogP contribution is -2.48. The summed E-state index contributed by atoms with van der Waals surface area (Å²) >= 11 is 4.72. The van der Waals surface area contributed by atoms with Crippen molar-refractivity contribution in [2.45, 2.75) is 39.7 Å². The first-order valence-electron chi connectivity index (χ1n) is 7.08. The summed E-state index contributed by atoms with van der Waals surface area (Å²) in [7, 11) is 0. The average Bonchev–Trinajstić information content (AvgIpc) is 2.86. The van der Waals surface area contributed by atoms with E-state index in [1.807, 2.05) is 13.8 Å². The van der Waals surface area contributed by atoms with Crippen LogP contribution in [-0.4, -0.2) is 41.6 Å². The number of carbonyl (C=O) groups excluding carboxylic acids is 1. The molecule has 1 fully saturated rings. The Morgan fingerprint density at radius 1 is 1.60 bits per heavy atom. The number of anilines is 1. The first-order valence-corrected chi connectivity index (χ1v) is 8.69. The van der Waals surface area contributed by atoms with E-state index in [9.17, 15) is 4.79 Å². The molecule has 2 amide bonds. The fourth-order valence-corrected chi connectivity index (χ4v) is 3.19. The molecule has 0 unspecified atom stereocenters. The monoisotopic (exact) mass is 362 g/mol. The van der Waals surface area contributed by atoms with E-state index in [2.05, 4.69) is 43.4 Å². The first-order chi connectivity index (χ1) is 9.67. The zero-order chi connectivity index (χ0) is 15.0.